The van der Waals surface area contributed by atoms with E-state index in [0.717, 1.165) is 0 Å². The van der Waals surface area contributed by atoms with Crippen molar-refractivity contribution >= 4 is 0 Å². The summed E-state index contributed by atoms with van der Waals surface area (Å²) in [5.41, 5.74) is 0. The summed E-state index contributed by atoms with van der Waals surface area (Å²) >= 11 is 0. The lowest BCUT2D eigenvalue weighted by Gasteiger charge is -2.31. The van der Waals surface area contributed by atoms with E-state index >= 15 is 0 Å². The Morgan fingerprint density at radius 2 is 2.00 bits per heavy atom. The maximum absolute atomic E-state index is 5.43. The molecule has 84 valence electrons. The van der Waals surface area contributed by atoms with Crippen molar-refractivity contribution in [3.63, 3.8) is 0 Å². The number of methoxy groups -OCH3 is 1. The van der Waals surface area contributed by atoms with Crippen LogP contribution in [-0.2, 0) is 4.74 Å². The molecular formula is C12H25NO. The van der Waals surface area contributed by atoms with Crippen LogP contribution < -0.4 is 5.32 Å². The smallest absolute Gasteiger partial charge is 0.0586 e. The third kappa shape index (κ3) is 3.58. The van der Waals surface area contributed by atoms with Crippen LogP contribution in [0.2, 0.25) is 0 Å². The molecule has 0 radical (unpaired) electrons. The van der Waals surface area contributed by atoms with Gasteiger partial charge in [0.25, 0.3) is 0 Å². The standard InChI is InChI=1S/C12H25NO/c1-4-10(5-2)13-11-7-6-8-12(9-11)14-3/h10-13H,4-9H2,1-3H3. The van der Waals surface area contributed by atoms with Crippen LogP contribution >= 0.6 is 0 Å². The summed E-state index contributed by atoms with van der Waals surface area (Å²) < 4.78 is 5.43. The Balaban J connectivity index is 2.29. The minimum Gasteiger partial charge on any atom is -0.381 e. The fraction of sp³-hybridized carbons (Fsp3) is 1.00. The summed E-state index contributed by atoms with van der Waals surface area (Å²) in [5, 5.41) is 3.74. The van der Waals surface area contributed by atoms with Crippen molar-refractivity contribution in [3.8, 4) is 0 Å². The van der Waals surface area contributed by atoms with E-state index in [0.29, 0.717) is 18.2 Å². The van der Waals surface area contributed by atoms with Crippen LogP contribution in [0.25, 0.3) is 0 Å². The highest BCUT2D eigenvalue weighted by Crippen LogP contribution is 2.21. The minimum atomic E-state index is 0.496. The average molecular weight is 199 g/mol. The predicted molar refractivity (Wildman–Crippen MR) is 60.6 cm³/mol. The lowest BCUT2D eigenvalue weighted by Crippen LogP contribution is -2.42. The molecule has 2 atom stereocenters. The SMILES string of the molecule is CCC(CC)NC1CCCC(OC)C1. The molecule has 1 saturated carbocycles. The van der Waals surface area contributed by atoms with Crippen LogP contribution in [0.5, 0.6) is 0 Å². The van der Waals surface area contributed by atoms with Crippen molar-refractivity contribution < 1.29 is 4.74 Å². The Morgan fingerprint density at radius 1 is 1.29 bits per heavy atom. The molecule has 0 amide bonds. The fourth-order valence-electron chi connectivity index (χ4n) is 2.37. The van der Waals surface area contributed by atoms with E-state index in [1.807, 2.05) is 7.11 Å². The molecule has 0 bridgehead atoms. The normalized spacial score (nSPS) is 28.3. The van der Waals surface area contributed by atoms with E-state index in [1.54, 1.807) is 0 Å². The zero-order chi connectivity index (χ0) is 10.4. The van der Waals surface area contributed by atoms with Gasteiger partial charge in [-0.25, -0.2) is 0 Å². The van der Waals surface area contributed by atoms with Gasteiger partial charge in [0.1, 0.15) is 0 Å². The molecule has 0 aromatic carbocycles. The molecule has 0 aromatic rings. The van der Waals surface area contributed by atoms with Crippen molar-refractivity contribution in [3.05, 3.63) is 0 Å². The molecule has 1 fully saturated rings. The minimum absolute atomic E-state index is 0.496. The first-order valence-corrected chi connectivity index (χ1v) is 6.09. The highest BCUT2D eigenvalue weighted by molar-refractivity contribution is 4.80. The molecule has 2 nitrogen and oxygen atoms in total. The lowest BCUT2D eigenvalue weighted by atomic mass is 9.92. The molecule has 0 saturated heterocycles. The van der Waals surface area contributed by atoms with Crippen molar-refractivity contribution in [2.75, 3.05) is 7.11 Å². The first-order valence-electron chi connectivity index (χ1n) is 6.09. The van der Waals surface area contributed by atoms with Crippen LogP contribution in [0.4, 0.5) is 0 Å². The molecule has 14 heavy (non-hydrogen) atoms. The Labute approximate surface area is 88.4 Å². The summed E-state index contributed by atoms with van der Waals surface area (Å²) in [5.74, 6) is 0. The molecule has 1 N–H and O–H groups in total. The molecular weight excluding hydrogens is 174 g/mol. The van der Waals surface area contributed by atoms with Gasteiger partial charge in [-0.15, -0.1) is 0 Å². The Morgan fingerprint density at radius 3 is 2.57 bits per heavy atom. The molecule has 2 unspecified atom stereocenters. The molecule has 0 aromatic heterocycles. The first kappa shape index (κ1) is 12.0. The van der Waals surface area contributed by atoms with Crippen LogP contribution in [0.3, 0.4) is 0 Å². The maximum atomic E-state index is 5.43. The van der Waals surface area contributed by atoms with E-state index in [-0.39, 0.29) is 0 Å². The van der Waals surface area contributed by atoms with Crippen LogP contribution in [-0.4, -0.2) is 25.3 Å². The van der Waals surface area contributed by atoms with E-state index in [4.69, 9.17) is 4.74 Å². The van der Waals surface area contributed by atoms with Gasteiger partial charge in [-0.05, 0) is 38.5 Å². The predicted octanol–water partition coefficient (Wildman–Crippen LogP) is 2.72. The molecule has 1 rings (SSSR count). The molecule has 0 spiro atoms. The summed E-state index contributed by atoms with van der Waals surface area (Å²) in [6.07, 6.45) is 8.07. The van der Waals surface area contributed by atoms with Gasteiger partial charge >= 0.3 is 0 Å². The third-order valence-electron chi connectivity index (χ3n) is 3.42. The Hall–Kier alpha value is -0.0800. The largest absolute Gasteiger partial charge is 0.381 e. The quantitative estimate of drug-likeness (QED) is 0.735. The second-order valence-corrected chi connectivity index (χ2v) is 4.40. The highest BCUT2D eigenvalue weighted by Gasteiger charge is 2.22. The van der Waals surface area contributed by atoms with Gasteiger partial charge in [-0.3, -0.25) is 0 Å². The Bertz CT molecular complexity index is 145. The van der Waals surface area contributed by atoms with Gasteiger partial charge in [0.15, 0.2) is 0 Å². The first-order chi connectivity index (χ1) is 6.80. The molecule has 1 aliphatic rings. The molecule has 2 heteroatoms. The van der Waals surface area contributed by atoms with E-state index in [9.17, 15) is 0 Å². The van der Waals surface area contributed by atoms with Crippen LogP contribution in [0, 0.1) is 0 Å². The fourth-order valence-corrected chi connectivity index (χ4v) is 2.37. The number of hydrogen-bond donors (Lipinski definition) is 1. The maximum Gasteiger partial charge on any atom is 0.0586 e. The number of rotatable bonds is 5. The van der Waals surface area contributed by atoms with E-state index in [1.165, 1.54) is 38.5 Å². The van der Waals surface area contributed by atoms with Gasteiger partial charge in [-0.2, -0.15) is 0 Å². The summed E-state index contributed by atoms with van der Waals surface area (Å²) in [4.78, 5) is 0. The summed E-state index contributed by atoms with van der Waals surface area (Å²) in [7, 11) is 1.84. The molecule has 1 aliphatic carbocycles. The van der Waals surface area contributed by atoms with Gasteiger partial charge in [0.2, 0.25) is 0 Å². The average Bonchev–Trinajstić information content (AvgIpc) is 2.26. The van der Waals surface area contributed by atoms with E-state index < -0.39 is 0 Å². The topological polar surface area (TPSA) is 21.3 Å². The van der Waals surface area contributed by atoms with Crippen molar-refractivity contribution in [1.29, 1.82) is 0 Å². The Kier molecular flexibility index (Phi) is 5.49. The zero-order valence-corrected chi connectivity index (χ0v) is 9.88. The highest BCUT2D eigenvalue weighted by atomic mass is 16.5. The zero-order valence-electron chi connectivity index (χ0n) is 9.88. The second-order valence-electron chi connectivity index (χ2n) is 4.40. The number of ether oxygens (including phenoxy) is 1. The number of nitrogens with one attached hydrogen (secondary N) is 1. The van der Waals surface area contributed by atoms with E-state index in [2.05, 4.69) is 19.2 Å². The van der Waals surface area contributed by atoms with Gasteiger partial charge in [-0.1, -0.05) is 13.8 Å². The summed E-state index contributed by atoms with van der Waals surface area (Å²) in [6, 6.07) is 1.40. The molecule has 0 heterocycles. The van der Waals surface area contributed by atoms with Gasteiger partial charge < -0.3 is 10.1 Å². The third-order valence-corrected chi connectivity index (χ3v) is 3.42. The van der Waals surface area contributed by atoms with Crippen LogP contribution in [0.15, 0.2) is 0 Å². The van der Waals surface area contributed by atoms with Crippen LogP contribution in [0.1, 0.15) is 52.4 Å². The number of hydrogen-bond acceptors (Lipinski definition) is 2. The van der Waals surface area contributed by atoms with Gasteiger partial charge in [0.05, 0.1) is 6.10 Å². The lowest BCUT2D eigenvalue weighted by molar-refractivity contribution is 0.0567. The van der Waals surface area contributed by atoms with Crippen molar-refractivity contribution in [1.82, 2.24) is 5.32 Å². The van der Waals surface area contributed by atoms with Gasteiger partial charge in [0, 0.05) is 19.2 Å². The monoisotopic (exact) mass is 199 g/mol. The van der Waals surface area contributed by atoms with Crippen molar-refractivity contribution in [2.24, 2.45) is 0 Å². The molecule has 0 aliphatic heterocycles. The van der Waals surface area contributed by atoms with Crippen molar-refractivity contribution in [2.45, 2.75) is 70.6 Å². The summed E-state index contributed by atoms with van der Waals surface area (Å²) in [6.45, 7) is 4.52. The second kappa shape index (κ2) is 6.41.